The quantitative estimate of drug-likeness (QED) is 0.628. The minimum atomic E-state index is -0.648. The van der Waals surface area contributed by atoms with Crippen LogP contribution in [0.15, 0.2) is 18.2 Å². The number of hydrogen-bond acceptors (Lipinski definition) is 5. The van der Waals surface area contributed by atoms with E-state index in [-0.39, 0.29) is 17.4 Å². The molecule has 7 heteroatoms. The van der Waals surface area contributed by atoms with Crippen LogP contribution >= 0.6 is 0 Å². The molecule has 0 radical (unpaired) electrons. The van der Waals surface area contributed by atoms with Gasteiger partial charge in [0.15, 0.2) is 0 Å². The van der Waals surface area contributed by atoms with Crippen LogP contribution in [0.3, 0.4) is 0 Å². The van der Waals surface area contributed by atoms with Gasteiger partial charge in [0.05, 0.1) is 15.9 Å². The molecule has 0 saturated heterocycles. The van der Waals surface area contributed by atoms with Gasteiger partial charge in [-0.1, -0.05) is 13.8 Å². The highest BCUT2D eigenvalue weighted by Crippen LogP contribution is 2.26. The van der Waals surface area contributed by atoms with Crippen molar-refractivity contribution in [3.05, 3.63) is 44.0 Å². The normalized spacial score (nSPS) is 12.4. The van der Waals surface area contributed by atoms with Crippen molar-refractivity contribution in [2.45, 2.75) is 32.7 Å². The van der Waals surface area contributed by atoms with Gasteiger partial charge in [-0.3, -0.25) is 20.2 Å². The zero-order chi connectivity index (χ0) is 14.6. The van der Waals surface area contributed by atoms with Gasteiger partial charge in [-0.05, 0) is 24.8 Å². The van der Waals surface area contributed by atoms with Crippen LogP contribution in [0.5, 0.6) is 0 Å². The van der Waals surface area contributed by atoms with E-state index in [0.29, 0.717) is 17.9 Å². The average Bonchev–Trinajstić information content (AvgIpc) is 2.27. The van der Waals surface area contributed by atoms with Crippen LogP contribution in [0.4, 0.5) is 11.4 Å². The summed E-state index contributed by atoms with van der Waals surface area (Å²) in [4.78, 5) is 20.3. The summed E-state index contributed by atoms with van der Waals surface area (Å²) < 4.78 is 0. The third kappa shape index (κ3) is 4.29. The number of nitrogens with two attached hydrogens (primary N) is 1. The standard InChI is InChI=1S/C12H17N3O4/c1-8(2)5-10(13)6-9-3-4-11(14(16)17)7-12(9)15(18)19/h3-4,7-8,10H,5-6,13H2,1-2H3. The molecule has 1 unspecified atom stereocenters. The number of nitrogens with zero attached hydrogens (tertiary/aromatic N) is 2. The van der Waals surface area contributed by atoms with Crippen molar-refractivity contribution >= 4 is 11.4 Å². The number of nitro groups is 2. The van der Waals surface area contributed by atoms with E-state index in [0.717, 1.165) is 12.5 Å². The van der Waals surface area contributed by atoms with Crippen molar-refractivity contribution in [1.29, 1.82) is 0 Å². The van der Waals surface area contributed by atoms with Crippen molar-refractivity contribution in [3.8, 4) is 0 Å². The van der Waals surface area contributed by atoms with Crippen LogP contribution in [0.1, 0.15) is 25.8 Å². The summed E-state index contributed by atoms with van der Waals surface area (Å²) in [5.41, 5.74) is 5.82. The van der Waals surface area contributed by atoms with Crippen molar-refractivity contribution in [3.63, 3.8) is 0 Å². The number of benzene rings is 1. The van der Waals surface area contributed by atoms with Crippen LogP contribution in [0, 0.1) is 26.1 Å². The zero-order valence-corrected chi connectivity index (χ0v) is 10.9. The smallest absolute Gasteiger partial charge is 0.279 e. The Kier molecular flexibility index (Phi) is 4.94. The Bertz CT molecular complexity index is 488. The van der Waals surface area contributed by atoms with E-state index in [2.05, 4.69) is 0 Å². The lowest BCUT2D eigenvalue weighted by atomic mass is 9.97. The van der Waals surface area contributed by atoms with E-state index in [4.69, 9.17) is 5.73 Å². The lowest BCUT2D eigenvalue weighted by Crippen LogP contribution is -2.25. The summed E-state index contributed by atoms with van der Waals surface area (Å²) in [5.74, 6) is 0.395. The van der Waals surface area contributed by atoms with Gasteiger partial charge in [0.1, 0.15) is 0 Å². The summed E-state index contributed by atoms with van der Waals surface area (Å²) in [5, 5.41) is 21.6. The molecular formula is C12H17N3O4. The van der Waals surface area contributed by atoms with Crippen LogP contribution in [0.25, 0.3) is 0 Å². The van der Waals surface area contributed by atoms with Crippen LogP contribution in [-0.4, -0.2) is 15.9 Å². The molecule has 0 aliphatic carbocycles. The molecule has 0 bridgehead atoms. The largest absolute Gasteiger partial charge is 0.327 e. The van der Waals surface area contributed by atoms with Crippen LogP contribution in [0.2, 0.25) is 0 Å². The van der Waals surface area contributed by atoms with Gasteiger partial charge in [-0.15, -0.1) is 0 Å². The molecule has 19 heavy (non-hydrogen) atoms. The fraction of sp³-hybridized carbons (Fsp3) is 0.500. The highest BCUT2D eigenvalue weighted by atomic mass is 16.6. The second kappa shape index (κ2) is 6.24. The summed E-state index contributed by atoms with van der Waals surface area (Å²) >= 11 is 0. The Morgan fingerprint density at radius 3 is 2.32 bits per heavy atom. The minimum absolute atomic E-state index is 0.194. The summed E-state index contributed by atoms with van der Waals surface area (Å²) in [6.07, 6.45) is 1.08. The van der Waals surface area contributed by atoms with Gasteiger partial charge in [-0.2, -0.15) is 0 Å². The Morgan fingerprint density at radius 1 is 1.21 bits per heavy atom. The molecule has 0 aromatic heterocycles. The van der Waals surface area contributed by atoms with Crippen molar-refractivity contribution in [2.24, 2.45) is 11.7 Å². The minimum Gasteiger partial charge on any atom is -0.327 e. The Balaban J connectivity index is 3.00. The molecule has 2 N–H and O–H groups in total. The highest BCUT2D eigenvalue weighted by Gasteiger charge is 2.21. The molecule has 7 nitrogen and oxygen atoms in total. The molecule has 0 fully saturated rings. The molecule has 1 rings (SSSR count). The highest BCUT2D eigenvalue weighted by molar-refractivity contribution is 5.49. The van der Waals surface area contributed by atoms with Gasteiger partial charge in [0, 0.05) is 17.7 Å². The second-order valence-corrected chi connectivity index (χ2v) is 4.92. The monoisotopic (exact) mass is 267 g/mol. The van der Waals surface area contributed by atoms with Gasteiger partial charge in [0.25, 0.3) is 11.4 Å². The van der Waals surface area contributed by atoms with E-state index in [1.807, 2.05) is 13.8 Å². The SMILES string of the molecule is CC(C)CC(N)Cc1ccc([N+](=O)[O-])cc1[N+](=O)[O-]. The van der Waals surface area contributed by atoms with E-state index in [9.17, 15) is 20.2 Å². The van der Waals surface area contributed by atoms with E-state index < -0.39 is 9.85 Å². The molecule has 0 heterocycles. The summed E-state index contributed by atoms with van der Waals surface area (Å²) in [6.45, 7) is 4.04. The Morgan fingerprint density at radius 2 is 1.84 bits per heavy atom. The molecule has 0 aliphatic heterocycles. The maximum atomic E-state index is 10.9. The summed E-state index contributed by atoms with van der Waals surface area (Å²) in [7, 11) is 0. The predicted molar refractivity (Wildman–Crippen MR) is 70.9 cm³/mol. The Labute approximate surface area is 110 Å². The molecule has 1 aromatic rings. The topological polar surface area (TPSA) is 112 Å². The van der Waals surface area contributed by atoms with Gasteiger partial charge >= 0.3 is 0 Å². The third-order valence-corrected chi connectivity index (χ3v) is 2.73. The first kappa shape index (κ1) is 15.0. The summed E-state index contributed by atoms with van der Waals surface area (Å²) in [6, 6.07) is 3.47. The van der Waals surface area contributed by atoms with Crippen molar-refractivity contribution in [1.82, 2.24) is 0 Å². The van der Waals surface area contributed by atoms with Gasteiger partial charge < -0.3 is 5.73 Å². The first-order chi connectivity index (χ1) is 8.81. The molecule has 0 aliphatic rings. The lowest BCUT2D eigenvalue weighted by molar-refractivity contribution is -0.394. The third-order valence-electron chi connectivity index (χ3n) is 2.73. The number of nitro benzene ring substituents is 2. The first-order valence-corrected chi connectivity index (χ1v) is 5.98. The first-order valence-electron chi connectivity index (χ1n) is 5.98. The van der Waals surface area contributed by atoms with E-state index in [1.54, 1.807) is 0 Å². The predicted octanol–water partition coefficient (Wildman–Crippen LogP) is 2.42. The molecular weight excluding hydrogens is 250 g/mol. The van der Waals surface area contributed by atoms with E-state index in [1.165, 1.54) is 12.1 Å². The van der Waals surface area contributed by atoms with Crippen LogP contribution < -0.4 is 5.73 Å². The fourth-order valence-electron chi connectivity index (χ4n) is 1.98. The zero-order valence-electron chi connectivity index (χ0n) is 10.9. The van der Waals surface area contributed by atoms with E-state index >= 15 is 0 Å². The number of non-ortho nitro benzene ring substituents is 1. The maximum absolute atomic E-state index is 10.9. The maximum Gasteiger partial charge on any atom is 0.279 e. The van der Waals surface area contributed by atoms with Gasteiger partial charge in [0.2, 0.25) is 0 Å². The average molecular weight is 267 g/mol. The number of rotatable bonds is 6. The van der Waals surface area contributed by atoms with Gasteiger partial charge in [-0.25, -0.2) is 0 Å². The second-order valence-electron chi connectivity index (χ2n) is 4.92. The molecule has 0 saturated carbocycles. The fourth-order valence-corrected chi connectivity index (χ4v) is 1.98. The molecule has 104 valence electrons. The lowest BCUT2D eigenvalue weighted by Gasteiger charge is -2.13. The van der Waals surface area contributed by atoms with Crippen molar-refractivity contribution < 1.29 is 9.85 Å². The molecule has 0 spiro atoms. The molecule has 0 amide bonds. The van der Waals surface area contributed by atoms with Crippen molar-refractivity contribution in [2.75, 3.05) is 0 Å². The number of hydrogen-bond donors (Lipinski definition) is 1. The molecule has 1 atom stereocenters. The van der Waals surface area contributed by atoms with Crippen LogP contribution in [-0.2, 0) is 6.42 Å². The Hall–Kier alpha value is -2.02. The molecule has 1 aromatic carbocycles.